The molecule has 0 atom stereocenters. The van der Waals surface area contributed by atoms with Crippen LogP contribution in [0.1, 0.15) is 155 Å². The van der Waals surface area contributed by atoms with Crippen LogP contribution in [0, 0.1) is 0 Å². The molecule has 0 heterocycles. The van der Waals surface area contributed by atoms with Crippen LogP contribution in [0.5, 0.6) is 0 Å². The fraction of sp³-hybridized carbons (Fsp3) is 0.960. The molecule has 0 saturated carbocycles. The second kappa shape index (κ2) is 22.7. The molecule has 0 N–H and O–H groups in total. The molecule has 1 nitrogen and oxygen atoms in total. The zero-order valence-corrected chi connectivity index (χ0v) is 18.5. The van der Waals surface area contributed by atoms with E-state index < -0.39 is 0 Å². The number of unbranched alkanes of at least 4 members (excludes halogenated alkanes) is 18. The minimum Gasteiger partial charge on any atom is -0.300 e. The van der Waals surface area contributed by atoms with Crippen LogP contribution in [-0.2, 0) is 4.79 Å². The number of carbonyl (C=O) groups is 1. The van der Waals surface area contributed by atoms with E-state index in [1.54, 1.807) is 0 Å². The summed E-state index contributed by atoms with van der Waals surface area (Å²) in [4.78, 5) is 11.6. The normalized spacial score (nSPS) is 11.2. The lowest BCUT2D eigenvalue weighted by molar-refractivity contribution is -0.119. The standard InChI is InChI=1S/C25H50O/c1-3-5-7-8-9-10-11-12-13-14-15-16-17-18-19-20-21-22-24-25(26)23-6-4-2/h3-24H2,1-2H3. The van der Waals surface area contributed by atoms with E-state index in [1.807, 2.05) is 0 Å². The van der Waals surface area contributed by atoms with E-state index in [0.717, 1.165) is 32.1 Å². The largest absolute Gasteiger partial charge is 0.300 e. The Labute approximate surface area is 166 Å². The van der Waals surface area contributed by atoms with Crippen molar-refractivity contribution in [3.05, 3.63) is 0 Å². The van der Waals surface area contributed by atoms with Crippen LogP contribution in [-0.4, -0.2) is 5.78 Å². The van der Waals surface area contributed by atoms with Gasteiger partial charge in [-0.3, -0.25) is 4.79 Å². The molecule has 0 saturated heterocycles. The molecule has 0 rings (SSSR count). The summed E-state index contributed by atoms with van der Waals surface area (Å²) in [5, 5.41) is 0. The van der Waals surface area contributed by atoms with Crippen molar-refractivity contribution in [1.82, 2.24) is 0 Å². The van der Waals surface area contributed by atoms with Crippen LogP contribution in [0.2, 0.25) is 0 Å². The summed E-state index contributed by atoms with van der Waals surface area (Å²) < 4.78 is 0. The first-order valence-electron chi connectivity index (χ1n) is 12.3. The highest BCUT2D eigenvalue weighted by Gasteiger charge is 2.00. The molecule has 0 amide bonds. The third-order valence-corrected chi connectivity index (χ3v) is 5.62. The molecule has 0 unspecified atom stereocenters. The molecule has 0 bridgehead atoms. The molecule has 0 aromatic rings. The maximum atomic E-state index is 11.6. The number of hydrogen-bond acceptors (Lipinski definition) is 1. The summed E-state index contributed by atoms with van der Waals surface area (Å²) in [6.45, 7) is 4.45. The van der Waals surface area contributed by atoms with Crippen LogP contribution >= 0.6 is 0 Å². The lowest BCUT2D eigenvalue weighted by atomic mass is 10.0. The van der Waals surface area contributed by atoms with E-state index in [1.165, 1.54) is 109 Å². The maximum Gasteiger partial charge on any atom is 0.132 e. The summed E-state index contributed by atoms with van der Waals surface area (Å²) in [6, 6.07) is 0. The second-order valence-corrected chi connectivity index (χ2v) is 8.40. The van der Waals surface area contributed by atoms with E-state index in [4.69, 9.17) is 0 Å². The maximum absolute atomic E-state index is 11.6. The smallest absolute Gasteiger partial charge is 0.132 e. The molecule has 1 heteroatoms. The van der Waals surface area contributed by atoms with E-state index >= 15 is 0 Å². The van der Waals surface area contributed by atoms with E-state index in [9.17, 15) is 4.79 Å². The average molecular weight is 367 g/mol. The minimum atomic E-state index is 0.489. The van der Waals surface area contributed by atoms with Crippen LogP contribution in [0.25, 0.3) is 0 Å². The van der Waals surface area contributed by atoms with Gasteiger partial charge in [-0.25, -0.2) is 0 Å². The van der Waals surface area contributed by atoms with Crippen molar-refractivity contribution in [3.8, 4) is 0 Å². The summed E-state index contributed by atoms with van der Waals surface area (Å²) in [5.74, 6) is 0.489. The van der Waals surface area contributed by atoms with Gasteiger partial charge < -0.3 is 0 Å². The first-order valence-corrected chi connectivity index (χ1v) is 12.3. The van der Waals surface area contributed by atoms with E-state index in [-0.39, 0.29) is 0 Å². The second-order valence-electron chi connectivity index (χ2n) is 8.40. The van der Waals surface area contributed by atoms with Crippen LogP contribution in [0.4, 0.5) is 0 Å². The Balaban J connectivity index is 3.04. The first kappa shape index (κ1) is 25.7. The first-order chi connectivity index (χ1) is 12.8. The number of rotatable bonds is 22. The Hall–Kier alpha value is -0.330. The van der Waals surface area contributed by atoms with Gasteiger partial charge in [-0.1, -0.05) is 129 Å². The zero-order chi connectivity index (χ0) is 19.1. The van der Waals surface area contributed by atoms with Crippen molar-refractivity contribution in [1.29, 1.82) is 0 Å². The fourth-order valence-electron chi connectivity index (χ4n) is 3.72. The molecule has 26 heavy (non-hydrogen) atoms. The van der Waals surface area contributed by atoms with Gasteiger partial charge in [0.15, 0.2) is 0 Å². The minimum absolute atomic E-state index is 0.489. The number of carbonyl (C=O) groups excluding carboxylic acids is 1. The topological polar surface area (TPSA) is 17.1 Å². The summed E-state index contributed by atoms with van der Waals surface area (Å²) in [7, 11) is 0. The van der Waals surface area contributed by atoms with Crippen molar-refractivity contribution >= 4 is 5.78 Å². The highest BCUT2D eigenvalue weighted by Crippen LogP contribution is 2.14. The molecule has 0 aromatic carbocycles. The summed E-state index contributed by atoms with van der Waals surface area (Å²) in [5.41, 5.74) is 0. The van der Waals surface area contributed by atoms with Gasteiger partial charge in [-0.05, 0) is 12.8 Å². The number of hydrogen-bond donors (Lipinski definition) is 0. The highest BCUT2D eigenvalue weighted by atomic mass is 16.1. The van der Waals surface area contributed by atoms with Gasteiger partial charge in [0.05, 0.1) is 0 Å². The van der Waals surface area contributed by atoms with Crippen LogP contribution < -0.4 is 0 Å². The molecule has 156 valence electrons. The Bertz CT molecular complexity index is 271. The zero-order valence-electron chi connectivity index (χ0n) is 18.5. The van der Waals surface area contributed by atoms with Crippen molar-refractivity contribution in [2.24, 2.45) is 0 Å². The van der Waals surface area contributed by atoms with E-state index in [2.05, 4.69) is 13.8 Å². The highest BCUT2D eigenvalue weighted by molar-refractivity contribution is 5.78. The third kappa shape index (κ3) is 21.7. The molecular weight excluding hydrogens is 316 g/mol. The third-order valence-electron chi connectivity index (χ3n) is 5.62. The Morgan fingerprint density at radius 1 is 0.385 bits per heavy atom. The van der Waals surface area contributed by atoms with Crippen LogP contribution in [0.3, 0.4) is 0 Å². The molecule has 0 aliphatic carbocycles. The molecule has 0 aromatic heterocycles. The van der Waals surface area contributed by atoms with Crippen molar-refractivity contribution < 1.29 is 4.79 Å². The Kier molecular flexibility index (Phi) is 22.4. The summed E-state index contributed by atoms with van der Waals surface area (Å²) in [6.07, 6.45) is 29.2. The van der Waals surface area contributed by atoms with Gasteiger partial charge in [0.2, 0.25) is 0 Å². The molecule has 0 fully saturated rings. The molecule has 0 aliphatic rings. The molecular formula is C25H50O. The van der Waals surface area contributed by atoms with Crippen molar-refractivity contribution in [2.45, 2.75) is 155 Å². The van der Waals surface area contributed by atoms with Gasteiger partial charge in [0.25, 0.3) is 0 Å². The number of ketones is 1. The van der Waals surface area contributed by atoms with Gasteiger partial charge in [0.1, 0.15) is 5.78 Å². The monoisotopic (exact) mass is 366 g/mol. The predicted molar refractivity (Wildman–Crippen MR) is 118 cm³/mol. The van der Waals surface area contributed by atoms with Gasteiger partial charge in [-0.2, -0.15) is 0 Å². The van der Waals surface area contributed by atoms with Crippen LogP contribution in [0.15, 0.2) is 0 Å². The number of Topliss-reactive ketones (excluding diaryl/α,β-unsaturated/α-hetero) is 1. The molecule has 0 radical (unpaired) electrons. The molecule has 0 spiro atoms. The average Bonchev–Trinajstić information content (AvgIpc) is 2.65. The lowest BCUT2D eigenvalue weighted by Crippen LogP contribution is -1.96. The van der Waals surface area contributed by atoms with Crippen molar-refractivity contribution in [3.63, 3.8) is 0 Å². The Morgan fingerprint density at radius 3 is 1.00 bits per heavy atom. The lowest BCUT2D eigenvalue weighted by Gasteiger charge is -2.04. The van der Waals surface area contributed by atoms with Gasteiger partial charge in [0, 0.05) is 12.8 Å². The van der Waals surface area contributed by atoms with Crippen molar-refractivity contribution in [2.75, 3.05) is 0 Å². The predicted octanol–water partition coefficient (Wildman–Crippen LogP) is 9.18. The molecule has 0 aliphatic heterocycles. The van der Waals surface area contributed by atoms with E-state index in [0.29, 0.717) is 5.78 Å². The summed E-state index contributed by atoms with van der Waals surface area (Å²) >= 11 is 0. The fourth-order valence-corrected chi connectivity index (χ4v) is 3.72. The SMILES string of the molecule is CCCCCCCCCCCCCCCCCCCCC(=O)CCCC. The Morgan fingerprint density at radius 2 is 0.654 bits per heavy atom. The van der Waals surface area contributed by atoms with Gasteiger partial charge >= 0.3 is 0 Å². The quantitative estimate of drug-likeness (QED) is 0.174. The van der Waals surface area contributed by atoms with Gasteiger partial charge in [-0.15, -0.1) is 0 Å².